The molecule has 0 aromatic heterocycles. The fourth-order valence-electron chi connectivity index (χ4n) is 7.23. The second-order valence-electron chi connectivity index (χ2n) is 12.2. The molecule has 1 unspecified atom stereocenters. The highest BCUT2D eigenvalue weighted by atomic mass is 32.2. The van der Waals surface area contributed by atoms with E-state index in [9.17, 15) is 19.5 Å². The molecule has 5 rings (SSSR count). The van der Waals surface area contributed by atoms with Crippen LogP contribution >= 0.6 is 11.8 Å². The van der Waals surface area contributed by atoms with Gasteiger partial charge in [0.1, 0.15) is 6.04 Å². The van der Waals surface area contributed by atoms with Crippen molar-refractivity contribution in [1.82, 2.24) is 4.90 Å². The Labute approximate surface area is 254 Å². The standard InChI is InChI=1S/C33H45N3O5S/c1-5-34(6-2)23-13-15-24(16-14-23)35-18-11-17-33-28(27-26(42-33)12-9-7-8-10-19-41-32(27)40)30(38)36(29(33)31(35)39)25(21-37)20-22(3)4/h9,11-17,22,25-29,37H,5-8,10,18-21H2,1-4H3/b12-9-/t25-,26+,27-,28+,29?,33+/m1/s1. The van der Waals surface area contributed by atoms with E-state index in [-0.39, 0.29) is 35.6 Å². The first-order chi connectivity index (χ1) is 20.3. The first kappa shape index (κ1) is 30.7. The Balaban J connectivity index is 1.59. The number of nitrogens with zero attached hydrogens (tertiary/aromatic N) is 3. The molecule has 2 fully saturated rings. The fraction of sp³-hybridized carbons (Fsp3) is 0.606. The van der Waals surface area contributed by atoms with E-state index in [1.165, 1.54) is 0 Å². The minimum Gasteiger partial charge on any atom is -0.465 e. The Bertz CT molecular complexity index is 1210. The van der Waals surface area contributed by atoms with Gasteiger partial charge in [-0.3, -0.25) is 14.4 Å². The van der Waals surface area contributed by atoms with E-state index in [1.807, 2.05) is 56.3 Å². The van der Waals surface area contributed by atoms with E-state index in [0.717, 1.165) is 43.7 Å². The number of aliphatic hydroxyl groups is 1. The molecule has 2 amide bonds. The van der Waals surface area contributed by atoms with Crippen LogP contribution in [0.3, 0.4) is 0 Å². The third-order valence-electron chi connectivity index (χ3n) is 9.18. The van der Waals surface area contributed by atoms with E-state index in [2.05, 4.69) is 24.8 Å². The monoisotopic (exact) mass is 595 g/mol. The third-order valence-corrected chi connectivity index (χ3v) is 10.9. The second-order valence-corrected chi connectivity index (χ2v) is 13.7. The first-order valence-corrected chi connectivity index (χ1v) is 16.4. The lowest BCUT2D eigenvalue weighted by Crippen LogP contribution is -2.57. The van der Waals surface area contributed by atoms with Gasteiger partial charge in [-0.1, -0.05) is 38.2 Å². The minimum absolute atomic E-state index is 0.179. The van der Waals surface area contributed by atoms with Crippen LogP contribution < -0.4 is 9.80 Å². The number of rotatable bonds is 8. The van der Waals surface area contributed by atoms with Crippen LogP contribution in [0.5, 0.6) is 0 Å². The topological polar surface area (TPSA) is 90.4 Å². The molecule has 228 valence electrons. The van der Waals surface area contributed by atoms with Gasteiger partial charge < -0.3 is 24.5 Å². The summed E-state index contributed by atoms with van der Waals surface area (Å²) < 4.78 is 4.78. The van der Waals surface area contributed by atoms with Crippen LogP contribution in [0.2, 0.25) is 0 Å². The third kappa shape index (κ3) is 5.39. The number of ether oxygens (including phenoxy) is 1. The maximum atomic E-state index is 14.7. The molecule has 4 heterocycles. The average Bonchev–Trinajstić information content (AvgIpc) is 3.37. The fourth-order valence-corrected chi connectivity index (χ4v) is 9.22. The highest BCUT2D eigenvalue weighted by molar-refractivity contribution is 8.02. The van der Waals surface area contributed by atoms with Crippen molar-refractivity contribution < 1.29 is 24.2 Å². The molecule has 0 bridgehead atoms. The Kier molecular flexibility index (Phi) is 9.38. The molecule has 1 spiro atoms. The van der Waals surface area contributed by atoms with Crippen molar-refractivity contribution in [1.29, 1.82) is 0 Å². The lowest BCUT2D eigenvalue weighted by molar-refractivity contribution is -0.153. The van der Waals surface area contributed by atoms with Gasteiger partial charge in [-0.15, -0.1) is 11.8 Å². The van der Waals surface area contributed by atoms with Gasteiger partial charge in [-0.2, -0.15) is 0 Å². The summed E-state index contributed by atoms with van der Waals surface area (Å²) >= 11 is 1.55. The van der Waals surface area contributed by atoms with Crippen molar-refractivity contribution in [2.45, 2.75) is 75.5 Å². The van der Waals surface area contributed by atoms with E-state index >= 15 is 0 Å². The van der Waals surface area contributed by atoms with Gasteiger partial charge in [0.15, 0.2) is 0 Å². The van der Waals surface area contributed by atoms with Crippen molar-refractivity contribution in [3.05, 3.63) is 48.6 Å². The molecule has 1 aromatic rings. The Morgan fingerprint density at radius 1 is 1.07 bits per heavy atom. The van der Waals surface area contributed by atoms with Crippen LogP contribution in [-0.4, -0.2) is 82.7 Å². The summed E-state index contributed by atoms with van der Waals surface area (Å²) in [6.45, 7) is 10.6. The molecule has 2 saturated heterocycles. The smallest absolute Gasteiger partial charge is 0.311 e. The number of anilines is 2. The summed E-state index contributed by atoms with van der Waals surface area (Å²) in [5.41, 5.74) is 1.85. The van der Waals surface area contributed by atoms with Gasteiger partial charge in [0.05, 0.1) is 35.8 Å². The molecule has 1 N–H and O–H groups in total. The van der Waals surface area contributed by atoms with Crippen molar-refractivity contribution in [2.75, 3.05) is 42.6 Å². The van der Waals surface area contributed by atoms with Crippen LogP contribution in [0.1, 0.15) is 53.4 Å². The summed E-state index contributed by atoms with van der Waals surface area (Å²) in [5.74, 6) is -2.02. The quantitative estimate of drug-likeness (QED) is 0.352. The number of thioether (sulfide) groups is 1. The normalized spacial score (nSPS) is 30.9. The molecule has 4 aliphatic rings. The maximum absolute atomic E-state index is 14.7. The van der Waals surface area contributed by atoms with Gasteiger partial charge in [0.25, 0.3) is 5.91 Å². The first-order valence-electron chi connectivity index (χ1n) is 15.6. The second kappa shape index (κ2) is 12.8. The molecule has 42 heavy (non-hydrogen) atoms. The van der Waals surface area contributed by atoms with Gasteiger partial charge in [-0.05, 0) is 69.7 Å². The largest absolute Gasteiger partial charge is 0.465 e. The number of benzene rings is 1. The number of esters is 1. The molecule has 4 aliphatic heterocycles. The zero-order valence-electron chi connectivity index (χ0n) is 25.3. The number of carbonyl (C=O) groups is 3. The molecule has 0 saturated carbocycles. The summed E-state index contributed by atoms with van der Waals surface area (Å²) in [6.07, 6.45) is 11.3. The zero-order valence-corrected chi connectivity index (χ0v) is 26.1. The molecular formula is C33H45N3O5S. The molecule has 1 aromatic carbocycles. The predicted molar refractivity (Wildman–Crippen MR) is 167 cm³/mol. The van der Waals surface area contributed by atoms with Crippen molar-refractivity contribution in [3.63, 3.8) is 0 Å². The number of hydrogen-bond donors (Lipinski definition) is 1. The highest BCUT2D eigenvalue weighted by Crippen LogP contribution is 2.61. The lowest BCUT2D eigenvalue weighted by atomic mass is 9.78. The number of cyclic esters (lactones) is 1. The van der Waals surface area contributed by atoms with Crippen molar-refractivity contribution in [2.24, 2.45) is 17.8 Å². The Morgan fingerprint density at radius 3 is 2.48 bits per heavy atom. The molecular weight excluding hydrogens is 550 g/mol. The van der Waals surface area contributed by atoms with Gasteiger partial charge in [-0.25, -0.2) is 0 Å². The molecule has 0 radical (unpaired) electrons. The lowest BCUT2D eigenvalue weighted by Gasteiger charge is -2.39. The molecule has 8 nitrogen and oxygen atoms in total. The average molecular weight is 596 g/mol. The Hall–Kier alpha value is -2.78. The summed E-state index contributed by atoms with van der Waals surface area (Å²) in [5, 5.41) is 10.3. The zero-order chi connectivity index (χ0) is 30.0. The van der Waals surface area contributed by atoms with Crippen molar-refractivity contribution >= 4 is 40.9 Å². The Morgan fingerprint density at radius 2 is 1.81 bits per heavy atom. The van der Waals surface area contributed by atoms with Gasteiger partial charge in [0, 0.05) is 36.3 Å². The minimum atomic E-state index is -0.943. The van der Waals surface area contributed by atoms with Crippen LogP contribution in [-0.2, 0) is 19.1 Å². The number of amides is 2. The van der Waals surface area contributed by atoms with Crippen LogP contribution in [0.25, 0.3) is 0 Å². The summed E-state index contributed by atoms with van der Waals surface area (Å²) in [7, 11) is 0. The van der Waals surface area contributed by atoms with Gasteiger partial charge >= 0.3 is 5.97 Å². The molecule has 9 heteroatoms. The van der Waals surface area contributed by atoms with Gasteiger partial charge in [0.2, 0.25) is 5.91 Å². The molecule has 6 atom stereocenters. The molecule has 0 aliphatic carbocycles. The maximum Gasteiger partial charge on any atom is 0.311 e. The van der Waals surface area contributed by atoms with Crippen LogP contribution in [0, 0.1) is 17.8 Å². The van der Waals surface area contributed by atoms with Crippen molar-refractivity contribution in [3.8, 4) is 0 Å². The van der Waals surface area contributed by atoms with E-state index in [1.54, 1.807) is 21.6 Å². The highest BCUT2D eigenvalue weighted by Gasteiger charge is 2.71. The number of allylic oxidation sites excluding steroid dienone is 1. The van der Waals surface area contributed by atoms with E-state index in [0.29, 0.717) is 19.6 Å². The number of fused-ring (bicyclic) bond motifs is 2. The SMILES string of the molecule is CCN(CC)c1ccc(N2CC=C[C@]34S[C@H]5/C=C\CCCCOC(=O)[C@H]5[C@H]3C(=O)N([C@@H](CO)CC(C)C)C4C2=O)cc1. The van der Waals surface area contributed by atoms with Crippen LogP contribution in [0.4, 0.5) is 11.4 Å². The van der Waals surface area contributed by atoms with E-state index in [4.69, 9.17) is 4.74 Å². The van der Waals surface area contributed by atoms with Crippen LogP contribution in [0.15, 0.2) is 48.6 Å². The summed E-state index contributed by atoms with van der Waals surface area (Å²) in [6, 6.07) is 6.63. The number of likely N-dealkylation sites (tertiary alicyclic amines) is 1. The number of hydrogen-bond acceptors (Lipinski definition) is 7. The summed E-state index contributed by atoms with van der Waals surface area (Å²) in [4.78, 5) is 48.5. The number of carbonyl (C=O) groups excluding carboxylic acids is 3. The van der Waals surface area contributed by atoms with E-state index < -0.39 is 28.7 Å². The predicted octanol–water partition coefficient (Wildman–Crippen LogP) is 4.42. The number of aliphatic hydroxyl groups excluding tert-OH is 1.